The smallest absolute Gasteiger partial charge is 0.0626 e. The summed E-state index contributed by atoms with van der Waals surface area (Å²) in [4.78, 5) is 0. The molecule has 0 saturated carbocycles. The number of alkyl halides is 3. The first-order valence-corrected chi connectivity index (χ1v) is 18.9. The van der Waals surface area contributed by atoms with Crippen LogP contribution in [0.25, 0.3) is 0 Å². The van der Waals surface area contributed by atoms with Crippen LogP contribution in [-0.2, 0) is 0 Å². The van der Waals surface area contributed by atoms with E-state index in [-0.39, 0.29) is 0 Å². The first-order valence-electron chi connectivity index (χ1n) is 15.2. The Labute approximate surface area is 257 Å². The molecule has 0 aliphatic rings. The van der Waals surface area contributed by atoms with Crippen molar-refractivity contribution in [2.75, 3.05) is 0 Å². The van der Waals surface area contributed by atoms with E-state index in [1.54, 1.807) is 0 Å². The van der Waals surface area contributed by atoms with Gasteiger partial charge in [-0.15, -0.1) is 6.58 Å². The first kappa shape index (κ1) is 35.9. The molecule has 0 rings (SSSR count). The molecule has 0 aliphatic heterocycles. The molecule has 0 aliphatic carbocycles. The zero-order valence-corrected chi connectivity index (χ0v) is 29.1. The monoisotopic (exact) mass is 812 g/mol. The quantitative estimate of drug-likeness (QED) is 0.0305. The van der Waals surface area contributed by atoms with Crippen molar-refractivity contribution in [3.63, 3.8) is 0 Å². The van der Waals surface area contributed by atoms with Crippen LogP contribution in [0, 0.1) is 0 Å². The van der Waals surface area contributed by atoms with Crippen LogP contribution in [-0.4, -0.2) is 5.86 Å². The highest BCUT2D eigenvalue weighted by Gasteiger charge is 2.04. The fourth-order valence-corrected chi connectivity index (χ4v) is 6.58. The molecule has 34 heavy (non-hydrogen) atoms. The van der Waals surface area contributed by atoms with Crippen LogP contribution >= 0.6 is 67.8 Å². The van der Waals surface area contributed by atoms with Gasteiger partial charge in [0.2, 0.25) is 0 Å². The van der Waals surface area contributed by atoms with Crippen molar-refractivity contribution in [1.82, 2.24) is 0 Å². The average Bonchev–Trinajstić information content (AvgIpc) is 2.82. The molecule has 0 aromatic carbocycles. The van der Waals surface area contributed by atoms with Crippen molar-refractivity contribution in [1.29, 1.82) is 0 Å². The highest BCUT2D eigenvalue weighted by atomic mass is 127. The van der Waals surface area contributed by atoms with Gasteiger partial charge in [-0.2, -0.15) is 0 Å². The average molecular weight is 813 g/mol. The van der Waals surface area contributed by atoms with E-state index in [0.29, 0.717) is 0 Å². The highest BCUT2D eigenvalue weighted by molar-refractivity contribution is 14.2. The third-order valence-corrected chi connectivity index (χ3v) is 9.61. The maximum absolute atomic E-state index is 3.80. The van der Waals surface area contributed by atoms with Gasteiger partial charge in [-0.1, -0.05) is 215 Å². The lowest BCUT2D eigenvalue weighted by atomic mass is 10.0. The fraction of sp³-hybridized carbons (Fsp3) is 0.935. The minimum atomic E-state index is 0.832. The van der Waals surface area contributed by atoms with Crippen LogP contribution < -0.4 is 0 Å². The van der Waals surface area contributed by atoms with Gasteiger partial charge in [0.25, 0.3) is 0 Å². The molecule has 0 nitrogen and oxygen atoms in total. The molecule has 0 saturated heterocycles. The molecular formula is C31H59I3. The normalized spacial score (nSPS) is 12.5. The summed E-state index contributed by atoms with van der Waals surface area (Å²) in [7, 11) is 0. The van der Waals surface area contributed by atoms with E-state index < -0.39 is 0 Å². The van der Waals surface area contributed by atoms with Crippen molar-refractivity contribution < 1.29 is 0 Å². The molecule has 0 amide bonds. The molecule has 0 heterocycles. The van der Waals surface area contributed by atoms with Gasteiger partial charge in [0.15, 0.2) is 0 Å². The highest BCUT2D eigenvalue weighted by Crippen LogP contribution is 2.21. The van der Waals surface area contributed by atoms with E-state index in [9.17, 15) is 0 Å². The van der Waals surface area contributed by atoms with Gasteiger partial charge in [0, 0.05) is 3.92 Å². The van der Waals surface area contributed by atoms with Crippen molar-refractivity contribution in [3.05, 3.63) is 12.7 Å². The lowest BCUT2D eigenvalue weighted by Gasteiger charge is -2.10. The molecular weight excluding hydrogens is 753 g/mol. The van der Waals surface area contributed by atoms with E-state index in [2.05, 4.69) is 80.4 Å². The van der Waals surface area contributed by atoms with Crippen LogP contribution in [0.3, 0.4) is 0 Å². The second-order valence-corrected chi connectivity index (χ2v) is 17.7. The maximum atomic E-state index is 3.80. The van der Waals surface area contributed by atoms with Crippen molar-refractivity contribution in [3.8, 4) is 0 Å². The van der Waals surface area contributed by atoms with Gasteiger partial charge >= 0.3 is 0 Å². The number of unbranched alkanes of at least 4 members (excludes halogenated alkanes) is 22. The van der Waals surface area contributed by atoms with Crippen molar-refractivity contribution >= 4 is 67.8 Å². The second-order valence-electron chi connectivity index (χ2n) is 10.6. The van der Waals surface area contributed by atoms with Crippen molar-refractivity contribution in [2.24, 2.45) is 0 Å². The molecule has 0 spiro atoms. The van der Waals surface area contributed by atoms with Crippen LogP contribution in [0.1, 0.15) is 173 Å². The maximum Gasteiger partial charge on any atom is 0.0626 e. The van der Waals surface area contributed by atoms with Gasteiger partial charge in [-0.05, 0) is 32.1 Å². The number of rotatable bonds is 29. The summed E-state index contributed by atoms with van der Waals surface area (Å²) < 4.78 is 1.76. The van der Waals surface area contributed by atoms with Gasteiger partial charge in [0.05, 0.1) is 1.93 Å². The van der Waals surface area contributed by atoms with Gasteiger partial charge < -0.3 is 0 Å². The summed E-state index contributed by atoms with van der Waals surface area (Å²) in [5, 5.41) is 0. The summed E-state index contributed by atoms with van der Waals surface area (Å²) in [5.41, 5.74) is 0. The fourth-order valence-electron chi connectivity index (χ4n) is 4.82. The Morgan fingerprint density at radius 2 is 0.647 bits per heavy atom. The first-order chi connectivity index (χ1) is 16.7. The summed E-state index contributed by atoms with van der Waals surface area (Å²) in [5.74, 6) is 0. The Balaban J connectivity index is 3.14. The molecule has 0 bridgehead atoms. The third kappa shape index (κ3) is 32.0. The minimum Gasteiger partial charge on any atom is -0.103 e. The molecule has 0 aromatic rings. The Kier molecular flexibility index (Phi) is 32.9. The van der Waals surface area contributed by atoms with Gasteiger partial charge in [-0.25, -0.2) is 0 Å². The lowest BCUT2D eigenvalue weighted by Crippen LogP contribution is -1.97. The molecule has 3 heteroatoms. The van der Waals surface area contributed by atoms with Crippen LogP contribution in [0.15, 0.2) is 12.7 Å². The lowest BCUT2D eigenvalue weighted by molar-refractivity contribution is 0.520. The predicted molar refractivity (Wildman–Crippen MR) is 184 cm³/mol. The van der Waals surface area contributed by atoms with Crippen LogP contribution in [0.5, 0.6) is 0 Å². The number of hydrogen-bond acceptors (Lipinski definition) is 0. The Hall–Kier alpha value is 1.93. The van der Waals surface area contributed by atoms with Crippen LogP contribution in [0.4, 0.5) is 0 Å². The van der Waals surface area contributed by atoms with E-state index in [4.69, 9.17) is 0 Å². The molecule has 0 fully saturated rings. The summed E-state index contributed by atoms with van der Waals surface area (Å²) in [6.45, 7) is 3.80. The Morgan fingerprint density at radius 1 is 0.382 bits per heavy atom. The second kappa shape index (κ2) is 31.1. The van der Waals surface area contributed by atoms with Gasteiger partial charge in [-0.3, -0.25) is 0 Å². The zero-order chi connectivity index (χ0) is 25.0. The minimum absolute atomic E-state index is 0.832. The number of allylic oxidation sites excluding steroid dienone is 1. The van der Waals surface area contributed by atoms with Gasteiger partial charge in [0.1, 0.15) is 0 Å². The van der Waals surface area contributed by atoms with E-state index in [0.717, 1.165) is 5.86 Å². The molecule has 1 atom stereocenters. The predicted octanol–water partition coefficient (Wildman–Crippen LogP) is 13.7. The Morgan fingerprint density at radius 3 is 0.941 bits per heavy atom. The largest absolute Gasteiger partial charge is 0.103 e. The molecule has 204 valence electrons. The molecule has 1 unspecified atom stereocenters. The van der Waals surface area contributed by atoms with E-state index in [1.807, 2.05) is 0 Å². The zero-order valence-electron chi connectivity index (χ0n) is 22.7. The summed E-state index contributed by atoms with van der Waals surface area (Å²) in [6, 6.07) is 0. The standard InChI is InChI=1S/C31H59I3/c1-2-3-4-5-6-7-8-9-10-11-12-13-14-15-16-18-21-24-27-30(32)28-25-22-19-17-20-23-26-29-31(33)34/h2,30-31H,1,3-29H2. The number of halogens is 3. The summed E-state index contributed by atoms with van der Waals surface area (Å²) >= 11 is 7.81. The molecule has 0 radical (unpaired) electrons. The number of hydrogen-bond donors (Lipinski definition) is 0. The summed E-state index contributed by atoms with van der Waals surface area (Å²) in [6.07, 6.45) is 41.2. The SMILES string of the molecule is C=CCCCCCCCCCCCCCCCCCCC(I)CCCCCCCCCC(I)I. The van der Waals surface area contributed by atoms with Crippen LogP contribution in [0.2, 0.25) is 0 Å². The third-order valence-electron chi connectivity index (χ3n) is 7.12. The Bertz CT molecular complexity index is 383. The molecule has 0 N–H and O–H groups in total. The van der Waals surface area contributed by atoms with E-state index >= 15 is 0 Å². The molecule has 0 aromatic heterocycles. The van der Waals surface area contributed by atoms with E-state index in [1.165, 1.54) is 173 Å². The topological polar surface area (TPSA) is 0 Å². The van der Waals surface area contributed by atoms with Crippen molar-refractivity contribution in [2.45, 2.75) is 179 Å².